The molecule has 0 amide bonds. The van der Waals surface area contributed by atoms with Crippen LogP contribution in [0.5, 0.6) is 0 Å². The highest BCUT2D eigenvalue weighted by atomic mass is 16.8. The van der Waals surface area contributed by atoms with Crippen molar-refractivity contribution in [3.05, 3.63) is 0 Å². The van der Waals surface area contributed by atoms with Gasteiger partial charge in [0.15, 0.2) is 28.9 Å². The third kappa shape index (κ3) is 5.60. The van der Waals surface area contributed by atoms with Crippen LogP contribution in [0.1, 0.15) is 61.8 Å². The second kappa shape index (κ2) is 8.46. The van der Waals surface area contributed by atoms with Crippen molar-refractivity contribution in [3.63, 3.8) is 0 Å². The van der Waals surface area contributed by atoms with Crippen molar-refractivity contribution >= 4 is 5.78 Å². The third-order valence-electron chi connectivity index (χ3n) is 6.19. The number of ketones is 1. The van der Waals surface area contributed by atoms with Crippen molar-refractivity contribution in [2.75, 3.05) is 13.2 Å². The molecule has 4 heterocycles. The molecule has 190 valence electrons. The van der Waals surface area contributed by atoms with E-state index >= 15 is 0 Å². The van der Waals surface area contributed by atoms with Gasteiger partial charge in [0.2, 0.25) is 0 Å². The molecule has 0 aromatic heterocycles. The molecule has 0 unspecified atom stereocenters. The molecule has 4 fully saturated rings. The van der Waals surface area contributed by atoms with Crippen molar-refractivity contribution in [1.29, 1.82) is 0 Å². The highest BCUT2D eigenvalue weighted by Gasteiger charge is 2.55. The monoisotopic (exact) mass is 474 g/mol. The summed E-state index contributed by atoms with van der Waals surface area (Å²) in [6.07, 6.45) is -5.15. The maximum atomic E-state index is 13.3. The summed E-state index contributed by atoms with van der Waals surface area (Å²) in [5.41, 5.74) is 0. The predicted octanol–water partition coefficient (Wildman–Crippen LogP) is 1.65. The first-order chi connectivity index (χ1) is 15.1. The van der Waals surface area contributed by atoms with Gasteiger partial charge in [0.25, 0.3) is 0 Å². The van der Waals surface area contributed by atoms with Gasteiger partial charge in [0.1, 0.15) is 36.6 Å². The van der Waals surface area contributed by atoms with Gasteiger partial charge >= 0.3 is 0 Å². The Hall–Kier alpha value is -0.690. The Morgan fingerprint density at radius 1 is 0.727 bits per heavy atom. The van der Waals surface area contributed by atoms with Gasteiger partial charge in [-0.2, -0.15) is 0 Å². The molecule has 4 rings (SSSR count). The molecule has 0 radical (unpaired) electrons. The number of carbonyl (C=O) groups is 1. The summed E-state index contributed by atoms with van der Waals surface area (Å²) in [6, 6.07) is 0. The molecular formula is C23H38O10. The first-order valence-electron chi connectivity index (χ1n) is 11.6. The second-order valence-electron chi connectivity index (χ2n) is 11.1. The van der Waals surface area contributed by atoms with Gasteiger partial charge in [0.05, 0.1) is 19.3 Å². The number of Topliss-reactive ketones (excluding diaryl/α,β-unsaturated/α-hetero) is 1. The van der Waals surface area contributed by atoms with Crippen LogP contribution in [0.25, 0.3) is 0 Å². The van der Waals surface area contributed by atoms with Crippen LogP contribution in [0.3, 0.4) is 0 Å². The zero-order chi connectivity index (χ0) is 24.4. The second-order valence-corrected chi connectivity index (χ2v) is 11.1. The number of aliphatic hydroxyl groups excluding tert-OH is 1. The van der Waals surface area contributed by atoms with Gasteiger partial charge in [0, 0.05) is 6.42 Å². The van der Waals surface area contributed by atoms with E-state index in [1.807, 2.05) is 27.7 Å². The summed E-state index contributed by atoms with van der Waals surface area (Å²) < 4.78 is 47.1. The standard InChI is InChI=1S/C23H38O10/c1-20(2)26-10-14(28-20)18-16(30-22(5,6)32-18)12(24)9-13(25)17-19(33-23(7,8)31-17)15-11-27-21(3,4)29-15/h12,14-19,24H,9-11H2,1-8H3/t12-,14-,15+,16-,17+,18-,19+/m0/s1. The smallest absolute Gasteiger partial charge is 0.167 e. The van der Waals surface area contributed by atoms with Gasteiger partial charge in [-0.1, -0.05) is 0 Å². The molecule has 0 bridgehead atoms. The number of carbonyl (C=O) groups excluding carboxylic acids is 1. The Morgan fingerprint density at radius 3 is 1.73 bits per heavy atom. The molecule has 0 saturated carbocycles. The molecule has 4 saturated heterocycles. The van der Waals surface area contributed by atoms with Gasteiger partial charge < -0.3 is 43.0 Å². The van der Waals surface area contributed by atoms with Gasteiger partial charge in [-0.25, -0.2) is 0 Å². The van der Waals surface area contributed by atoms with E-state index in [0.29, 0.717) is 6.61 Å². The van der Waals surface area contributed by atoms with Crippen LogP contribution in [-0.4, -0.2) is 90.0 Å². The zero-order valence-electron chi connectivity index (χ0n) is 20.8. The van der Waals surface area contributed by atoms with Gasteiger partial charge in [-0.05, 0) is 55.4 Å². The SMILES string of the molecule is CC1(C)O[C@@H]([C@@H]2COC(C)(C)O2)[C@H]([C@@H](O)CC(=O)[C@H]2OC(C)(C)O[C@@H]2[C@H]2COC(C)(C)O2)O1. The first kappa shape index (κ1) is 25.4. The van der Waals surface area contributed by atoms with Crippen LogP contribution in [0.2, 0.25) is 0 Å². The van der Waals surface area contributed by atoms with Crippen molar-refractivity contribution in [2.45, 2.75) is 128 Å². The van der Waals surface area contributed by atoms with Crippen molar-refractivity contribution < 1.29 is 47.8 Å². The summed E-state index contributed by atoms with van der Waals surface area (Å²) >= 11 is 0. The van der Waals surface area contributed by atoms with Crippen molar-refractivity contribution in [2.24, 2.45) is 0 Å². The fourth-order valence-corrected chi connectivity index (χ4v) is 4.91. The average molecular weight is 475 g/mol. The van der Waals surface area contributed by atoms with Crippen molar-refractivity contribution in [3.8, 4) is 0 Å². The Morgan fingerprint density at radius 2 is 1.21 bits per heavy atom. The lowest BCUT2D eigenvalue weighted by atomic mass is 9.95. The van der Waals surface area contributed by atoms with Crippen LogP contribution in [0.4, 0.5) is 0 Å². The molecule has 0 aliphatic carbocycles. The number of hydrogen-bond donors (Lipinski definition) is 1. The molecule has 0 aromatic rings. The molecule has 7 atom stereocenters. The fraction of sp³-hybridized carbons (Fsp3) is 0.957. The zero-order valence-corrected chi connectivity index (χ0v) is 20.8. The lowest BCUT2D eigenvalue weighted by Gasteiger charge is -2.27. The molecule has 1 N–H and O–H groups in total. The van der Waals surface area contributed by atoms with E-state index in [1.54, 1.807) is 27.7 Å². The maximum absolute atomic E-state index is 13.3. The molecule has 0 spiro atoms. The van der Waals surface area contributed by atoms with Gasteiger partial charge in [-0.3, -0.25) is 4.79 Å². The largest absolute Gasteiger partial charge is 0.390 e. The van der Waals surface area contributed by atoms with Crippen LogP contribution in [-0.2, 0) is 42.7 Å². The normalized spacial score (nSPS) is 42.0. The number of hydrogen-bond acceptors (Lipinski definition) is 10. The molecule has 10 heteroatoms. The first-order valence-corrected chi connectivity index (χ1v) is 11.6. The molecule has 0 aromatic carbocycles. The minimum atomic E-state index is -1.14. The predicted molar refractivity (Wildman–Crippen MR) is 113 cm³/mol. The lowest BCUT2D eigenvalue weighted by molar-refractivity contribution is -0.175. The Balaban J connectivity index is 1.45. The van der Waals surface area contributed by atoms with Crippen LogP contribution >= 0.6 is 0 Å². The molecule has 4 aliphatic heterocycles. The van der Waals surface area contributed by atoms with Crippen molar-refractivity contribution in [1.82, 2.24) is 0 Å². The molecule has 33 heavy (non-hydrogen) atoms. The van der Waals surface area contributed by atoms with Gasteiger partial charge in [-0.15, -0.1) is 0 Å². The van der Waals surface area contributed by atoms with Crippen LogP contribution in [0.15, 0.2) is 0 Å². The van der Waals surface area contributed by atoms with E-state index in [2.05, 4.69) is 0 Å². The van der Waals surface area contributed by atoms with E-state index in [-0.39, 0.29) is 18.8 Å². The molecule has 4 aliphatic rings. The molecular weight excluding hydrogens is 436 g/mol. The van der Waals surface area contributed by atoms with E-state index in [0.717, 1.165) is 0 Å². The average Bonchev–Trinajstić information content (AvgIpc) is 3.38. The Bertz CT molecular complexity index is 748. The topological polar surface area (TPSA) is 111 Å². The third-order valence-corrected chi connectivity index (χ3v) is 6.19. The number of ether oxygens (including phenoxy) is 8. The van der Waals surface area contributed by atoms with Crippen LogP contribution < -0.4 is 0 Å². The summed E-state index contributed by atoms with van der Waals surface area (Å²) in [6.45, 7) is 14.9. The van der Waals surface area contributed by atoms with E-state index in [9.17, 15) is 9.90 Å². The fourth-order valence-electron chi connectivity index (χ4n) is 4.91. The Labute approximate surface area is 195 Å². The minimum absolute atomic E-state index is 0.199. The van der Waals surface area contributed by atoms with E-state index in [1.165, 1.54) is 0 Å². The summed E-state index contributed by atoms with van der Waals surface area (Å²) in [4.78, 5) is 13.3. The minimum Gasteiger partial charge on any atom is -0.390 e. The summed E-state index contributed by atoms with van der Waals surface area (Å²) in [5.74, 6) is -3.73. The number of rotatable bonds is 6. The quantitative estimate of drug-likeness (QED) is 0.610. The Kier molecular flexibility index (Phi) is 6.51. The molecule has 10 nitrogen and oxygen atoms in total. The summed E-state index contributed by atoms with van der Waals surface area (Å²) in [7, 11) is 0. The van der Waals surface area contributed by atoms with Crippen LogP contribution in [0, 0.1) is 0 Å². The highest BCUT2D eigenvalue weighted by molar-refractivity contribution is 5.84. The summed E-state index contributed by atoms with van der Waals surface area (Å²) in [5, 5.41) is 11.1. The maximum Gasteiger partial charge on any atom is 0.167 e. The number of aliphatic hydroxyl groups is 1. The highest BCUT2D eigenvalue weighted by Crippen LogP contribution is 2.39. The van der Waals surface area contributed by atoms with E-state index in [4.69, 9.17) is 37.9 Å². The lowest BCUT2D eigenvalue weighted by Crippen LogP contribution is -2.47. The van der Waals surface area contributed by atoms with E-state index < -0.39 is 65.9 Å².